The minimum absolute atomic E-state index is 0.0331. The number of aryl methyl sites for hydroxylation is 2. The summed E-state index contributed by atoms with van der Waals surface area (Å²) in [6, 6.07) is 6.02. The minimum Gasteiger partial charge on any atom is -0.455 e. The van der Waals surface area contributed by atoms with Gasteiger partial charge < -0.3 is 9.64 Å². The second kappa shape index (κ2) is 9.39. The summed E-state index contributed by atoms with van der Waals surface area (Å²) in [6.07, 6.45) is 1.12. The van der Waals surface area contributed by atoms with Gasteiger partial charge in [-0.1, -0.05) is 37.7 Å². The van der Waals surface area contributed by atoms with Crippen LogP contribution in [0.4, 0.5) is 0 Å². The lowest BCUT2D eigenvalue weighted by atomic mass is 9.92. The molecule has 0 spiro atoms. The van der Waals surface area contributed by atoms with Crippen LogP contribution in [0.1, 0.15) is 31.4 Å². The van der Waals surface area contributed by atoms with E-state index in [1.54, 1.807) is 9.58 Å². The summed E-state index contributed by atoms with van der Waals surface area (Å²) in [7, 11) is 0. The number of benzene rings is 1. The van der Waals surface area contributed by atoms with E-state index in [9.17, 15) is 9.59 Å². The molecule has 8 nitrogen and oxygen atoms in total. The number of tetrazole rings is 1. The van der Waals surface area contributed by atoms with Crippen LogP contribution in [0, 0.1) is 25.7 Å². The Morgan fingerprint density at radius 3 is 2.66 bits per heavy atom. The molecule has 1 aliphatic heterocycles. The van der Waals surface area contributed by atoms with Crippen LogP contribution in [0.3, 0.4) is 0 Å². The van der Waals surface area contributed by atoms with Crippen molar-refractivity contribution >= 4 is 23.6 Å². The SMILES string of the molecule is Cc1ccc(C)c(-n2nnnc2SCC(=O)OCC(=O)N2C[C@H](C)C[C@@H](C)C2)c1. The summed E-state index contributed by atoms with van der Waals surface area (Å²) < 4.78 is 6.80. The van der Waals surface area contributed by atoms with Crippen molar-refractivity contribution in [2.24, 2.45) is 11.8 Å². The number of rotatable bonds is 6. The number of nitrogens with zero attached hydrogens (tertiary/aromatic N) is 5. The van der Waals surface area contributed by atoms with Crippen LogP contribution < -0.4 is 0 Å². The fourth-order valence-electron chi connectivity index (χ4n) is 3.63. The quantitative estimate of drug-likeness (QED) is 0.527. The maximum absolute atomic E-state index is 12.3. The topological polar surface area (TPSA) is 90.2 Å². The molecule has 1 aromatic heterocycles. The number of thioether (sulfide) groups is 1. The van der Waals surface area contributed by atoms with Gasteiger partial charge in [-0.05, 0) is 59.7 Å². The van der Waals surface area contributed by atoms with Crippen LogP contribution in [0.2, 0.25) is 0 Å². The first-order chi connectivity index (χ1) is 13.8. The summed E-state index contributed by atoms with van der Waals surface area (Å²) in [5, 5.41) is 12.3. The zero-order valence-electron chi connectivity index (χ0n) is 17.3. The maximum atomic E-state index is 12.3. The molecule has 0 unspecified atom stereocenters. The van der Waals surface area contributed by atoms with Crippen molar-refractivity contribution in [1.82, 2.24) is 25.1 Å². The van der Waals surface area contributed by atoms with Crippen molar-refractivity contribution in [3.05, 3.63) is 29.3 Å². The van der Waals surface area contributed by atoms with Gasteiger partial charge in [0.2, 0.25) is 5.16 Å². The van der Waals surface area contributed by atoms with Crippen LogP contribution in [0.25, 0.3) is 5.69 Å². The van der Waals surface area contributed by atoms with Crippen LogP contribution in [0.15, 0.2) is 23.4 Å². The van der Waals surface area contributed by atoms with Gasteiger partial charge in [0.25, 0.3) is 5.91 Å². The number of likely N-dealkylation sites (tertiary alicyclic amines) is 1. The highest BCUT2D eigenvalue weighted by molar-refractivity contribution is 7.99. The molecule has 2 heterocycles. The third kappa shape index (κ3) is 5.56. The summed E-state index contributed by atoms with van der Waals surface area (Å²) >= 11 is 1.19. The first-order valence-corrected chi connectivity index (χ1v) is 10.7. The summed E-state index contributed by atoms with van der Waals surface area (Å²) in [4.78, 5) is 26.3. The summed E-state index contributed by atoms with van der Waals surface area (Å²) in [5.74, 6) is 0.375. The van der Waals surface area contributed by atoms with Gasteiger partial charge in [-0.25, -0.2) is 0 Å². The molecule has 1 amide bonds. The van der Waals surface area contributed by atoms with E-state index in [0.29, 0.717) is 17.0 Å². The highest BCUT2D eigenvalue weighted by Crippen LogP contribution is 2.22. The molecular formula is C20H27N5O3S. The highest BCUT2D eigenvalue weighted by Gasteiger charge is 2.26. The van der Waals surface area contributed by atoms with Gasteiger partial charge in [0, 0.05) is 13.1 Å². The van der Waals surface area contributed by atoms with Crippen molar-refractivity contribution < 1.29 is 14.3 Å². The van der Waals surface area contributed by atoms with Crippen molar-refractivity contribution in [2.75, 3.05) is 25.4 Å². The molecule has 0 radical (unpaired) electrons. The number of hydrogen-bond acceptors (Lipinski definition) is 7. The van der Waals surface area contributed by atoms with Crippen LogP contribution in [0.5, 0.6) is 0 Å². The van der Waals surface area contributed by atoms with E-state index in [4.69, 9.17) is 4.74 Å². The Morgan fingerprint density at radius 1 is 1.21 bits per heavy atom. The van der Waals surface area contributed by atoms with Gasteiger partial charge in [-0.2, -0.15) is 4.68 Å². The monoisotopic (exact) mass is 417 g/mol. The van der Waals surface area contributed by atoms with Gasteiger partial charge in [-0.15, -0.1) is 5.10 Å². The van der Waals surface area contributed by atoms with Crippen molar-refractivity contribution in [2.45, 2.75) is 39.3 Å². The summed E-state index contributed by atoms with van der Waals surface area (Å²) in [5.41, 5.74) is 2.99. The third-order valence-electron chi connectivity index (χ3n) is 4.93. The molecule has 1 aromatic carbocycles. The van der Waals surface area contributed by atoms with E-state index < -0.39 is 5.97 Å². The van der Waals surface area contributed by atoms with Crippen molar-refractivity contribution in [3.63, 3.8) is 0 Å². The Hall–Kier alpha value is -2.42. The molecule has 0 saturated carbocycles. The van der Waals surface area contributed by atoms with Crippen LogP contribution >= 0.6 is 11.8 Å². The molecule has 0 bridgehead atoms. The first-order valence-electron chi connectivity index (χ1n) is 9.75. The average molecular weight is 418 g/mol. The van der Waals surface area contributed by atoms with Gasteiger partial charge in [0.05, 0.1) is 11.4 Å². The van der Waals surface area contributed by atoms with Gasteiger partial charge >= 0.3 is 5.97 Å². The lowest BCUT2D eigenvalue weighted by Gasteiger charge is -2.34. The second-order valence-corrected chi connectivity index (χ2v) is 8.80. The number of aromatic nitrogens is 4. The first kappa shape index (κ1) is 21.3. The third-order valence-corrected chi connectivity index (χ3v) is 5.82. The minimum atomic E-state index is -0.461. The van der Waals surface area contributed by atoms with E-state index in [0.717, 1.165) is 36.3 Å². The molecule has 1 fully saturated rings. The Balaban J connectivity index is 1.52. The Morgan fingerprint density at radius 2 is 1.93 bits per heavy atom. The molecule has 156 valence electrons. The Labute approximate surface area is 175 Å². The fourth-order valence-corrected chi connectivity index (χ4v) is 4.31. The standard InChI is InChI=1S/C20H27N5O3S/c1-13-5-6-16(4)17(8-13)25-20(21-22-23-25)29-12-19(27)28-11-18(26)24-9-14(2)7-15(3)10-24/h5-6,8,14-15H,7,9-12H2,1-4H3/t14-,15-/m1/s1. The van der Waals surface area contributed by atoms with E-state index >= 15 is 0 Å². The molecule has 9 heteroatoms. The molecule has 1 saturated heterocycles. The predicted molar refractivity (Wildman–Crippen MR) is 110 cm³/mol. The molecule has 2 aromatic rings. The number of carbonyl (C=O) groups is 2. The lowest BCUT2D eigenvalue weighted by molar-refractivity contribution is -0.151. The van der Waals surface area contributed by atoms with Crippen LogP contribution in [-0.4, -0.2) is 62.4 Å². The number of ether oxygens (including phenoxy) is 1. The zero-order valence-corrected chi connectivity index (χ0v) is 18.1. The smallest absolute Gasteiger partial charge is 0.316 e. The van der Waals surface area contributed by atoms with Gasteiger partial charge in [-0.3, -0.25) is 9.59 Å². The molecule has 29 heavy (non-hydrogen) atoms. The molecule has 1 aliphatic rings. The second-order valence-electron chi connectivity index (χ2n) is 7.86. The van der Waals surface area contributed by atoms with Gasteiger partial charge in [0.15, 0.2) is 6.61 Å². The molecule has 3 rings (SSSR count). The number of esters is 1. The zero-order chi connectivity index (χ0) is 21.0. The van der Waals surface area contributed by atoms with Crippen molar-refractivity contribution in [3.8, 4) is 5.69 Å². The average Bonchev–Trinajstić information content (AvgIpc) is 3.14. The normalized spacial score (nSPS) is 19.2. The molecule has 2 atom stereocenters. The lowest BCUT2D eigenvalue weighted by Crippen LogP contribution is -2.44. The summed E-state index contributed by atoms with van der Waals surface area (Å²) in [6.45, 7) is 9.48. The van der Waals surface area contributed by atoms with E-state index in [-0.39, 0.29) is 18.3 Å². The Kier molecular flexibility index (Phi) is 6.89. The van der Waals surface area contributed by atoms with Gasteiger partial charge in [0.1, 0.15) is 0 Å². The van der Waals surface area contributed by atoms with E-state index in [1.807, 2.05) is 32.0 Å². The molecular weight excluding hydrogens is 390 g/mol. The number of piperidine rings is 1. The number of carbonyl (C=O) groups excluding carboxylic acids is 2. The predicted octanol–water partition coefficient (Wildman–Crippen LogP) is 2.42. The van der Waals surface area contributed by atoms with E-state index in [2.05, 4.69) is 29.4 Å². The largest absolute Gasteiger partial charge is 0.455 e. The number of hydrogen-bond donors (Lipinski definition) is 0. The maximum Gasteiger partial charge on any atom is 0.316 e. The van der Waals surface area contributed by atoms with E-state index in [1.165, 1.54) is 11.8 Å². The highest BCUT2D eigenvalue weighted by atomic mass is 32.2. The molecule has 0 aliphatic carbocycles. The van der Waals surface area contributed by atoms with Crippen LogP contribution in [-0.2, 0) is 14.3 Å². The number of amides is 1. The van der Waals surface area contributed by atoms with Crippen molar-refractivity contribution in [1.29, 1.82) is 0 Å². The Bertz CT molecular complexity index is 875. The fraction of sp³-hybridized carbons (Fsp3) is 0.550. The molecule has 0 N–H and O–H groups in total.